The molecule has 37 heavy (non-hydrogen) atoms. The Bertz CT molecular complexity index is 1320. The zero-order valence-electron chi connectivity index (χ0n) is 20.9. The molecule has 3 N–H and O–H groups in total. The number of aromatic nitrogens is 1. The lowest BCUT2D eigenvalue weighted by Gasteiger charge is -2.49. The topological polar surface area (TPSA) is 91.9 Å². The maximum atomic E-state index is 15.5. The van der Waals surface area contributed by atoms with Crippen LogP contribution in [0.1, 0.15) is 43.7 Å². The molecule has 1 atom stereocenters. The highest BCUT2D eigenvalue weighted by atomic mass is 19.1. The Morgan fingerprint density at radius 2 is 1.84 bits per heavy atom. The van der Waals surface area contributed by atoms with E-state index in [1.165, 1.54) is 6.07 Å². The van der Waals surface area contributed by atoms with E-state index >= 15 is 4.39 Å². The summed E-state index contributed by atoms with van der Waals surface area (Å²) >= 11 is 0. The van der Waals surface area contributed by atoms with E-state index in [-0.39, 0.29) is 17.6 Å². The fraction of sp³-hybridized carbons (Fsp3) is 0.448. The summed E-state index contributed by atoms with van der Waals surface area (Å²) in [7, 11) is 0. The number of aliphatic hydroxyl groups is 1. The summed E-state index contributed by atoms with van der Waals surface area (Å²) in [6.45, 7) is 2.86. The fourth-order valence-electron chi connectivity index (χ4n) is 6.11. The van der Waals surface area contributed by atoms with Crippen LogP contribution in [0.3, 0.4) is 0 Å². The van der Waals surface area contributed by atoms with Gasteiger partial charge in [0.05, 0.1) is 24.3 Å². The van der Waals surface area contributed by atoms with Crippen molar-refractivity contribution in [2.45, 2.75) is 43.7 Å². The molecule has 194 valence electrons. The number of carbonyl (C=O) groups is 1. The van der Waals surface area contributed by atoms with Crippen molar-refractivity contribution in [3.63, 3.8) is 0 Å². The third-order valence-electron chi connectivity index (χ3n) is 8.74. The highest BCUT2D eigenvalue weighted by molar-refractivity contribution is 5.85. The minimum atomic E-state index is -0.812. The predicted octanol–water partition coefficient (Wildman–Crippen LogP) is 3.81. The smallest absolute Gasteiger partial charge is 0.239 e. The Morgan fingerprint density at radius 1 is 1.08 bits per heavy atom. The molecule has 3 heterocycles. The lowest BCUT2D eigenvalue weighted by molar-refractivity contribution is -0.256. The number of hydrogen-bond acceptors (Lipinski definition) is 6. The summed E-state index contributed by atoms with van der Waals surface area (Å²) in [5.41, 5.74) is 8.47. The van der Waals surface area contributed by atoms with Crippen LogP contribution < -0.4 is 5.73 Å². The number of nitrogens with zero attached hydrogens (tertiary/aromatic N) is 3. The Kier molecular flexibility index (Phi) is 6.23. The van der Waals surface area contributed by atoms with Crippen molar-refractivity contribution in [3.05, 3.63) is 66.1 Å². The molecule has 6 rings (SSSR count). The fourth-order valence-corrected chi connectivity index (χ4v) is 6.11. The first-order valence-electron chi connectivity index (χ1n) is 13.1. The molecule has 3 aromatic rings. The quantitative estimate of drug-likeness (QED) is 0.531. The number of fused-ring (bicyclic) bond motifs is 1. The van der Waals surface area contributed by atoms with Crippen LogP contribution in [0.25, 0.3) is 22.0 Å². The van der Waals surface area contributed by atoms with E-state index in [2.05, 4.69) is 4.98 Å². The second-order valence-electron chi connectivity index (χ2n) is 11.0. The average molecular weight is 505 g/mol. The number of carbonyl (C=O) groups excluding carboxylic acids is 1. The summed E-state index contributed by atoms with van der Waals surface area (Å²) in [5, 5.41) is 12.9. The molecule has 1 unspecified atom stereocenters. The average Bonchev–Trinajstić information content (AvgIpc) is 3.72. The number of benzene rings is 2. The number of hydroxylamine groups is 2. The molecule has 8 heteroatoms. The number of primary amides is 1. The third kappa shape index (κ3) is 4.52. The molecule has 3 aliphatic rings. The third-order valence-corrected chi connectivity index (χ3v) is 8.74. The molecular weight excluding hydrogens is 471 g/mol. The van der Waals surface area contributed by atoms with E-state index in [0.29, 0.717) is 25.3 Å². The number of hydrogen-bond donors (Lipinski definition) is 2. The predicted molar refractivity (Wildman–Crippen MR) is 139 cm³/mol. The first-order chi connectivity index (χ1) is 17.9. The number of amides is 1. The van der Waals surface area contributed by atoms with E-state index < -0.39 is 17.8 Å². The molecule has 2 saturated heterocycles. The summed E-state index contributed by atoms with van der Waals surface area (Å²) in [5.74, 6) is -0.970. The zero-order chi connectivity index (χ0) is 25.6. The lowest BCUT2D eigenvalue weighted by atomic mass is 9.74. The van der Waals surface area contributed by atoms with Crippen molar-refractivity contribution in [1.82, 2.24) is 14.9 Å². The molecule has 1 amide bonds. The van der Waals surface area contributed by atoms with Crippen LogP contribution in [-0.4, -0.2) is 64.3 Å². The molecule has 2 aliphatic heterocycles. The Labute approximate surface area is 216 Å². The standard InChI is InChI=1S/C29H33FN4O3/c30-24-16-21(22-4-3-20-2-1-12-32-25(20)17-22)5-6-23(24)26(27(31)36)33-13-9-28(10-14-33)11-15-37-34(18-28)29(19-35)7-8-29/h1-6,12,16-17,26,35H,7-11,13-15,18-19H2,(H2,31,36). The summed E-state index contributed by atoms with van der Waals surface area (Å²) in [6.07, 6.45) is 6.36. The summed E-state index contributed by atoms with van der Waals surface area (Å²) < 4.78 is 15.5. The van der Waals surface area contributed by atoms with E-state index in [4.69, 9.17) is 10.6 Å². The van der Waals surface area contributed by atoms with Gasteiger partial charge in [0.15, 0.2) is 0 Å². The number of piperidine rings is 1. The van der Waals surface area contributed by atoms with Crippen LogP contribution in [-0.2, 0) is 9.63 Å². The molecule has 7 nitrogen and oxygen atoms in total. The molecule has 1 saturated carbocycles. The number of aliphatic hydroxyl groups excluding tert-OH is 1. The van der Waals surface area contributed by atoms with Gasteiger partial charge in [-0.1, -0.05) is 30.3 Å². The van der Waals surface area contributed by atoms with Gasteiger partial charge in [-0.2, -0.15) is 5.06 Å². The molecule has 0 bridgehead atoms. The van der Waals surface area contributed by atoms with Gasteiger partial charge in [0.1, 0.15) is 11.9 Å². The SMILES string of the molecule is NC(=O)C(c1ccc(-c2ccc3cccnc3c2)cc1F)N1CCC2(CCON(C3(CO)CC3)C2)CC1. The van der Waals surface area contributed by atoms with Crippen molar-refractivity contribution in [2.75, 3.05) is 32.8 Å². The van der Waals surface area contributed by atoms with Crippen LogP contribution in [0.4, 0.5) is 4.39 Å². The second kappa shape index (κ2) is 9.44. The van der Waals surface area contributed by atoms with Gasteiger partial charge in [-0.05, 0) is 79.9 Å². The number of rotatable bonds is 6. The van der Waals surface area contributed by atoms with E-state index in [1.54, 1.807) is 12.3 Å². The van der Waals surface area contributed by atoms with Crippen LogP contribution >= 0.6 is 0 Å². The Balaban J connectivity index is 1.19. The van der Waals surface area contributed by atoms with Gasteiger partial charge >= 0.3 is 0 Å². The largest absolute Gasteiger partial charge is 0.394 e. The van der Waals surface area contributed by atoms with Gasteiger partial charge in [0.25, 0.3) is 0 Å². The maximum Gasteiger partial charge on any atom is 0.239 e. The van der Waals surface area contributed by atoms with Crippen LogP contribution in [0.15, 0.2) is 54.7 Å². The van der Waals surface area contributed by atoms with Gasteiger partial charge < -0.3 is 10.8 Å². The molecule has 0 radical (unpaired) electrons. The number of likely N-dealkylation sites (tertiary alicyclic amines) is 1. The van der Waals surface area contributed by atoms with Gasteiger partial charge in [-0.25, -0.2) is 4.39 Å². The second-order valence-corrected chi connectivity index (χ2v) is 11.0. The van der Waals surface area contributed by atoms with Crippen molar-refractivity contribution in [3.8, 4) is 11.1 Å². The minimum absolute atomic E-state index is 0.0776. The summed E-state index contributed by atoms with van der Waals surface area (Å²) in [4.78, 5) is 24.9. The minimum Gasteiger partial charge on any atom is -0.394 e. The summed E-state index contributed by atoms with van der Waals surface area (Å²) in [6, 6.07) is 14.0. The molecular formula is C29H33FN4O3. The van der Waals surface area contributed by atoms with Gasteiger partial charge in [0, 0.05) is 23.7 Å². The number of pyridine rings is 1. The molecule has 1 aliphatic carbocycles. The van der Waals surface area contributed by atoms with Crippen LogP contribution in [0.5, 0.6) is 0 Å². The van der Waals surface area contributed by atoms with Crippen molar-refractivity contribution in [1.29, 1.82) is 0 Å². The van der Waals surface area contributed by atoms with Gasteiger partial charge in [-0.15, -0.1) is 0 Å². The lowest BCUT2D eigenvalue weighted by Crippen LogP contribution is -2.55. The monoisotopic (exact) mass is 504 g/mol. The molecule has 1 spiro atoms. The van der Waals surface area contributed by atoms with Crippen LogP contribution in [0.2, 0.25) is 0 Å². The number of halogens is 1. The van der Waals surface area contributed by atoms with Crippen molar-refractivity contribution < 1.29 is 19.1 Å². The van der Waals surface area contributed by atoms with Crippen molar-refractivity contribution >= 4 is 16.8 Å². The van der Waals surface area contributed by atoms with E-state index in [1.807, 2.05) is 46.4 Å². The first kappa shape index (κ1) is 24.4. The maximum absolute atomic E-state index is 15.5. The van der Waals surface area contributed by atoms with E-state index in [9.17, 15) is 9.90 Å². The van der Waals surface area contributed by atoms with E-state index in [0.717, 1.165) is 60.7 Å². The molecule has 2 aromatic carbocycles. The highest BCUT2D eigenvalue weighted by Crippen LogP contribution is 2.48. The normalized spacial score (nSPS) is 22.2. The van der Waals surface area contributed by atoms with Crippen molar-refractivity contribution in [2.24, 2.45) is 11.1 Å². The van der Waals surface area contributed by atoms with Gasteiger partial charge in [0.2, 0.25) is 5.91 Å². The first-order valence-corrected chi connectivity index (χ1v) is 13.1. The number of nitrogens with two attached hydrogens (primary N) is 1. The molecule has 1 aromatic heterocycles. The van der Waals surface area contributed by atoms with Crippen LogP contribution in [0, 0.1) is 11.2 Å². The zero-order valence-corrected chi connectivity index (χ0v) is 20.9. The Hall–Kier alpha value is -2.91. The Morgan fingerprint density at radius 3 is 2.54 bits per heavy atom. The highest BCUT2D eigenvalue weighted by Gasteiger charge is 2.53. The molecule has 3 fully saturated rings. The van der Waals surface area contributed by atoms with Gasteiger partial charge in [-0.3, -0.25) is 19.5 Å².